The van der Waals surface area contributed by atoms with E-state index in [1.165, 1.54) is 0 Å². The molecule has 1 N–H and O–H groups in total. The quantitative estimate of drug-likeness (QED) is 0.243. The minimum Gasteiger partial charge on any atom is -0.315 e. The van der Waals surface area contributed by atoms with Crippen LogP contribution in [0.25, 0.3) is 27.4 Å². The summed E-state index contributed by atoms with van der Waals surface area (Å²) in [5, 5.41) is 5.73. The smallest absolute Gasteiger partial charge is 0.315 e. The van der Waals surface area contributed by atoms with Gasteiger partial charge >= 0.3 is 6.03 Å². The second kappa shape index (κ2) is 11.1. The molecule has 1 heterocycles. The molecule has 0 spiro atoms. The van der Waals surface area contributed by atoms with Crippen molar-refractivity contribution in [1.29, 1.82) is 0 Å². The highest BCUT2D eigenvalue weighted by atomic mass is 16.2. The lowest BCUT2D eigenvalue weighted by Crippen LogP contribution is -2.40. The Morgan fingerprint density at radius 1 is 0.872 bits per heavy atom. The fraction of sp³-hybridized carbons (Fsp3) is 0.242. The Hall–Kier alpha value is -4.45. The number of amides is 2. The van der Waals surface area contributed by atoms with Crippen molar-refractivity contribution in [2.45, 2.75) is 40.2 Å². The zero-order valence-corrected chi connectivity index (χ0v) is 22.9. The van der Waals surface area contributed by atoms with Gasteiger partial charge in [0.2, 0.25) is 0 Å². The van der Waals surface area contributed by atoms with Gasteiger partial charge in [0.1, 0.15) is 5.82 Å². The van der Waals surface area contributed by atoms with Gasteiger partial charge in [-0.05, 0) is 61.9 Å². The molecule has 39 heavy (non-hydrogen) atoms. The molecule has 0 bridgehead atoms. The maximum atomic E-state index is 13.9. The number of anilines is 1. The molecule has 0 aliphatic heterocycles. The second-order valence-corrected chi connectivity index (χ2v) is 10.5. The number of carbonyl (C=O) groups excluding carboxylic acids is 1. The number of rotatable bonds is 7. The van der Waals surface area contributed by atoms with Crippen LogP contribution in [0.5, 0.6) is 0 Å². The van der Waals surface area contributed by atoms with Gasteiger partial charge in [-0.25, -0.2) is 9.78 Å². The number of para-hydroxylation sites is 1. The first-order valence-electron chi connectivity index (χ1n) is 13.5. The van der Waals surface area contributed by atoms with Crippen molar-refractivity contribution in [1.82, 2.24) is 14.5 Å². The highest BCUT2D eigenvalue weighted by Gasteiger charge is 2.27. The number of urea groups is 1. The van der Waals surface area contributed by atoms with Crippen LogP contribution in [-0.4, -0.2) is 27.0 Å². The molecule has 1 atom stereocenters. The first-order valence-corrected chi connectivity index (χ1v) is 13.5. The molecule has 5 aromatic rings. The molecule has 0 aliphatic rings. The first-order chi connectivity index (χ1) is 18.8. The second-order valence-electron chi connectivity index (χ2n) is 10.5. The lowest BCUT2D eigenvalue weighted by molar-refractivity contribution is 0.185. The highest BCUT2D eigenvalue weighted by molar-refractivity contribution is 6.01. The minimum absolute atomic E-state index is 0.149. The summed E-state index contributed by atoms with van der Waals surface area (Å²) in [7, 11) is 0. The number of benzene rings is 4. The monoisotopic (exact) mass is 518 g/mol. The molecule has 1 aromatic heterocycles. The van der Waals surface area contributed by atoms with Crippen molar-refractivity contribution in [2.75, 3.05) is 11.9 Å². The van der Waals surface area contributed by atoms with Gasteiger partial charge in [-0.3, -0.25) is 9.36 Å². The molecule has 4 aromatic carbocycles. The summed E-state index contributed by atoms with van der Waals surface area (Å²) in [6, 6.07) is 28.4. The standard InChI is InChI=1S/C33H34N4O2/c1-22(2)20-21-36(33(39)35-29-15-9-11-25-10-5-6-12-27(25)29)24(4)31-34-30-14-8-7-13-28(30)32(38)37(31)26-18-16-23(3)17-19-26/h5-19,22,24H,20-21H2,1-4H3,(H,35,39). The highest BCUT2D eigenvalue weighted by Crippen LogP contribution is 2.27. The number of aryl methyl sites for hydroxylation is 1. The lowest BCUT2D eigenvalue weighted by Gasteiger charge is -2.31. The minimum atomic E-state index is -0.475. The summed E-state index contributed by atoms with van der Waals surface area (Å²) < 4.78 is 1.65. The van der Waals surface area contributed by atoms with E-state index in [0.29, 0.717) is 29.2 Å². The lowest BCUT2D eigenvalue weighted by atomic mass is 10.1. The molecule has 0 aliphatic carbocycles. The molecule has 0 radical (unpaired) electrons. The van der Waals surface area contributed by atoms with E-state index in [2.05, 4.69) is 19.2 Å². The molecule has 198 valence electrons. The molecule has 6 nitrogen and oxygen atoms in total. The van der Waals surface area contributed by atoms with E-state index in [9.17, 15) is 9.59 Å². The van der Waals surface area contributed by atoms with Gasteiger partial charge in [0.25, 0.3) is 5.56 Å². The Morgan fingerprint density at radius 2 is 1.54 bits per heavy atom. The maximum absolute atomic E-state index is 13.9. The number of carbonyl (C=O) groups is 1. The average Bonchev–Trinajstić information content (AvgIpc) is 2.94. The van der Waals surface area contributed by atoms with Crippen LogP contribution in [0.15, 0.2) is 95.8 Å². The van der Waals surface area contributed by atoms with Crippen LogP contribution in [0.3, 0.4) is 0 Å². The maximum Gasteiger partial charge on any atom is 0.322 e. The van der Waals surface area contributed by atoms with E-state index in [1.807, 2.05) is 98.8 Å². The number of fused-ring (bicyclic) bond motifs is 2. The molecule has 0 saturated heterocycles. The Labute approximate surface area is 228 Å². The van der Waals surface area contributed by atoms with Gasteiger partial charge in [0.15, 0.2) is 0 Å². The Bertz CT molecular complexity index is 1680. The SMILES string of the molecule is Cc1ccc(-n2c(C(C)N(CCC(C)C)C(=O)Nc3cccc4ccccc34)nc3ccccc3c2=O)cc1. The van der Waals surface area contributed by atoms with E-state index in [4.69, 9.17) is 4.98 Å². The van der Waals surface area contributed by atoms with Gasteiger partial charge in [0, 0.05) is 11.9 Å². The summed E-state index contributed by atoms with van der Waals surface area (Å²) >= 11 is 0. The predicted molar refractivity (Wildman–Crippen MR) is 160 cm³/mol. The Morgan fingerprint density at radius 3 is 2.28 bits per heavy atom. The molecule has 1 unspecified atom stereocenters. The number of nitrogens with one attached hydrogen (secondary N) is 1. The fourth-order valence-corrected chi connectivity index (χ4v) is 4.90. The van der Waals surface area contributed by atoms with Crippen molar-refractivity contribution in [2.24, 2.45) is 5.92 Å². The van der Waals surface area contributed by atoms with E-state index in [-0.39, 0.29) is 11.6 Å². The first kappa shape index (κ1) is 26.2. The van der Waals surface area contributed by atoms with Crippen molar-refractivity contribution >= 4 is 33.4 Å². The van der Waals surface area contributed by atoms with Gasteiger partial charge in [-0.15, -0.1) is 0 Å². The van der Waals surface area contributed by atoms with Gasteiger partial charge in [-0.2, -0.15) is 0 Å². The zero-order valence-electron chi connectivity index (χ0n) is 22.9. The number of hydrogen-bond donors (Lipinski definition) is 1. The number of hydrogen-bond acceptors (Lipinski definition) is 3. The fourth-order valence-electron chi connectivity index (χ4n) is 4.90. The summed E-state index contributed by atoms with van der Waals surface area (Å²) in [6.45, 7) is 8.76. The molecular weight excluding hydrogens is 484 g/mol. The molecule has 0 fully saturated rings. The van der Waals surface area contributed by atoms with Crippen molar-refractivity contribution < 1.29 is 4.79 Å². The predicted octanol–water partition coefficient (Wildman–Crippen LogP) is 7.49. The van der Waals surface area contributed by atoms with E-state index < -0.39 is 6.04 Å². The largest absolute Gasteiger partial charge is 0.322 e. The van der Waals surface area contributed by atoms with Gasteiger partial charge in [0.05, 0.1) is 28.3 Å². The van der Waals surface area contributed by atoms with Crippen LogP contribution in [0, 0.1) is 12.8 Å². The van der Waals surface area contributed by atoms with Gasteiger partial charge < -0.3 is 10.2 Å². The number of aromatic nitrogens is 2. The van der Waals surface area contributed by atoms with Crippen molar-refractivity contribution in [3.63, 3.8) is 0 Å². The molecule has 5 rings (SSSR count). The average molecular weight is 519 g/mol. The van der Waals surface area contributed by atoms with Crippen molar-refractivity contribution in [3.8, 4) is 5.69 Å². The molecule has 2 amide bonds. The van der Waals surface area contributed by atoms with E-state index >= 15 is 0 Å². The molecular formula is C33H34N4O2. The van der Waals surface area contributed by atoms with Crippen molar-refractivity contribution in [3.05, 3.63) is 113 Å². The van der Waals surface area contributed by atoms with Crippen LogP contribution in [-0.2, 0) is 0 Å². The molecule has 0 saturated carbocycles. The Kier molecular flexibility index (Phi) is 7.46. The van der Waals surface area contributed by atoms with Crippen LogP contribution < -0.4 is 10.9 Å². The van der Waals surface area contributed by atoms with Crippen LogP contribution in [0.4, 0.5) is 10.5 Å². The Balaban J connectivity index is 1.61. The summed E-state index contributed by atoms with van der Waals surface area (Å²) in [5.41, 5.74) is 3.05. The molecule has 6 heteroatoms. The third kappa shape index (κ3) is 5.41. The topological polar surface area (TPSA) is 67.2 Å². The third-order valence-electron chi connectivity index (χ3n) is 7.17. The summed E-state index contributed by atoms with van der Waals surface area (Å²) in [6.07, 6.45) is 0.815. The summed E-state index contributed by atoms with van der Waals surface area (Å²) in [5.74, 6) is 0.924. The zero-order chi connectivity index (χ0) is 27.5. The van der Waals surface area contributed by atoms with Crippen LogP contribution in [0.1, 0.15) is 44.6 Å². The van der Waals surface area contributed by atoms with Crippen LogP contribution >= 0.6 is 0 Å². The van der Waals surface area contributed by atoms with Crippen LogP contribution in [0.2, 0.25) is 0 Å². The third-order valence-corrected chi connectivity index (χ3v) is 7.17. The number of nitrogens with zero attached hydrogens (tertiary/aromatic N) is 3. The van der Waals surface area contributed by atoms with E-state index in [1.54, 1.807) is 15.5 Å². The van der Waals surface area contributed by atoms with E-state index in [0.717, 1.165) is 34.1 Å². The van der Waals surface area contributed by atoms with Gasteiger partial charge in [-0.1, -0.05) is 80.1 Å². The normalized spacial score (nSPS) is 12.1. The summed E-state index contributed by atoms with van der Waals surface area (Å²) in [4.78, 5) is 34.5.